The molecule has 1 aliphatic rings. The maximum absolute atomic E-state index is 11.0. The van der Waals surface area contributed by atoms with Crippen molar-refractivity contribution in [3.8, 4) is 12.3 Å². The summed E-state index contributed by atoms with van der Waals surface area (Å²) in [7, 11) is 0. The highest BCUT2D eigenvalue weighted by Gasteiger charge is 2.20. The second-order valence-electron chi connectivity index (χ2n) is 2.50. The number of carbonyl (C=O) groups excluding carboxylic acids is 1. The fourth-order valence-corrected chi connectivity index (χ4v) is 1.18. The van der Waals surface area contributed by atoms with Gasteiger partial charge in [0.15, 0.2) is 5.78 Å². The Hall–Kier alpha value is -0.810. The number of terminal acetylenes is 1. The summed E-state index contributed by atoms with van der Waals surface area (Å²) in [5.74, 6) is 2.52. The summed E-state index contributed by atoms with van der Waals surface area (Å²) < 4.78 is 0. The molecule has 0 bridgehead atoms. The average molecular weight is 137 g/mol. The molecule has 1 rings (SSSR count). The predicted octanol–water partition coefficient (Wildman–Crippen LogP) is 0.331. The van der Waals surface area contributed by atoms with Gasteiger partial charge in [0.2, 0.25) is 0 Å². The topological polar surface area (TPSA) is 29.1 Å². The molecule has 1 saturated heterocycles. The normalized spacial score (nSPS) is 24.1. The van der Waals surface area contributed by atoms with Crippen LogP contribution in [0.3, 0.4) is 0 Å². The van der Waals surface area contributed by atoms with Crippen molar-refractivity contribution in [2.24, 2.45) is 0 Å². The third-order valence-electron chi connectivity index (χ3n) is 1.73. The molecule has 0 aliphatic carbocycles. The average Bonchev–Trinajstić information content (AvgIpc) is 2.38. The van der Waals surface area contributed by atoms with Gasteiger partial charge in [0, 0.05) is 0 Å². The van der Waals surface area contributed by atoms with Crippen molar-refractivity contribution in [3.63, 3.8) is 0 Å². The lowest BCUT2D eigenvalue weighted by Crippen LogP contribution is -2.30. The predicted molar refractivity (Wildman–Crippen MR) is 39.5 cm³/mol. The van der Waals surface area contributed by atoms with Crippen LogP contribution in [0.2, 0.25) is 0 Å². The van der Waals surface area contributed by atoms with E-state index >= 15 is 0 Å². The van der Waals surface area contributed by atoms with E-state index in [9.17, 15) is 4.79 Å². The van der Waals surface area contributed by atoms with Crippen LogP contribution in [-0.4, -0.2) is 18.4 Å². The van der Waals surface area contributed by atoms with Crippen LogP contribution >= 0.6 is 0 Å². The molecular formula is C8H11NO. The summed E-state index contributed by atoms with van der Waals surface area (Å²) in [6, 6.07) is 0.0519. The molecule has 0 radical (unpaired) electrons. The third-order valence-corrected chi connectivity index (χ3v) is 1.73. The lowest BCUT2D eigenvalue weighted by molar-refractivity contribution is -0.119. The zero-order chi connectivity index (χ0) is 7.40. The van der Waals surface area contributed by atoms with Crippen molar-refractivity contribution in [1.29, 1.82) is 0 Å². The SMILES string of the molecule is C#CCC(=O)C1CCCN1. The van der Waals surface area contributed by atoms with E-state index in [4.69, 9.17) is 6.42 Å². The van der Waals surface area contributed by atoms with Gasteiger partial charge < -0.3 is 5.32 Å². The maximum Gasteiger partial charge on any atom is 0.161 e. The van der Waals surface area contributed by atoms with Crippen molar-refractivity contribution in [3.05, 3.63) is 0 Å². The summed E-state index contributed by atoms with van der Waals surface area (Å²) in [6.07, 6.45) is 7.33. The zero-order valence-corrected chi connectivity index (χ0v) is 5.89. The molecule has 1 aliphatic heterocycles. The first-order valence-corrected chi connectivity index (χ1v) is 3.54. The van der Waals surface area contributed by atoms with Gasteiger partial charge in [0.1, 0.15) is 0 Å². The first-order chi connectivity index (χ1) is 4.84. The third kappa shape index (κ3) is 1.58. The van der Waals surface area contributed by atoms with Crippen LogP contribution in [0.5, 0.6) is 0 Å². The minimum absolute atomic E-state index is 0.0519. The van der Waals surface area contributed by atoms with Crippen LogP contribution in [0.4, 0.5) is 0 Å². The number of carbonyl (C=O) groups is 1. The Morgan fingerprint density at radius 3 is 3.10 bits per heavy atom. The Labute approximate surface area is 61.0 Å². The van der Waals surface area contributed by atoms with E-state index in [0.29, 0.717) is 0 Å². The van der Waals surface area contributed by atoms with Crippen LogP contribution < -0.4 is 5.32 Å². The van der Waals surface area contributed by atoms with Crippen LogP contribution in [-0.2, 0) is 4.79 Å². The molecule has 1 atom stereocenters. The summed E-state index contributed by atoms with van der Waals surface area (Å²) in [5.41, 5.74) is 0. The number of hydrogen-bond acceptors (Lipinski definition) is 2. The van der Waals surface area contributed by atoms with Gasteiger partial charge in [-0.05, 0) is 19.4 Å². The fourth-order valence-electron chi connectivity index (χ4n) is 1.18. The van der Waals surface area contributed by atoms with E-state index in [0.717, 1.165) is 19.4 Å². The van der Waals surface area contributed by atoms with E-state index in [2.05, 4.69) is 11.2 Å². The summed E-state index contributed by atoms with van der Waals surface area (Å²) in [6.45, 7) is 0.959. The van der Waals surface area contributed by atoms with Crippen LogP contribution in [0.25, 0.3) is 0 Å². The van der Waals surface area contributed by atoms with Crippen molar-refractivity contribution in [2.75, 3.05) is 6.54 Å². The van der Waals surface area contributed by atoms with Crippen molar-refractivity contribution in [1.82, 2.24) is 5.32 Å². The lowest BCUT2D eigenvalue weighted by atomic mass is 10.1. The molecule has 1 unspecified atom stereocenters. The van der Waals surface area contributed by atoms with Gasteiger partial charge in [0.25, 0.3) is 0 Å². The lowest BCUT2D eigenvalue weighted by Gasteiger charge is -2.04. The maximum atomic E-state index is 11.0. The Kier molecular flexibility index (Phi) is 2.47. The Balaban J connectivity index is 2.34. The van der Waals surface area contributed by atoms with Gasteiger partial charge in [-0.2, -0.15) is 0 Å². The number of ketones is 1. The highest BCUT2D eigenvalue weighted by molar-refractivity contribution is 5.86. The molecule has 0 spiro atoms. The van der Waals surface area contributed by atoms with E-state index in [1.165, 1.54) is 0 Å². The monoisotopic (exact) mass is 137 g/mol. The molecule has 2 heteroatoms. The Morgan fingerprint density at radius 2 is 2.60 bits per heavy atom. The molecule has 10 heavy (non-hydrogen) atoms. The van der Waals surface area contributed by atoms with Gasteiger partial charge in [-0.25, -0.2) is 0 Å². The van der Waals surface area contributed by atoms with E-state index in [-0.39, 0.29) is 18.2 Å². The number of rotatable bonds is 2. The molecular weight excluding hydrogens is 126 g/mol. The first-order valence-electron chi connectivity index (χ1n) is 3.54. The minimum atomic E-state index is 0.0519. The number of Topliss-reactive ketones (excluding diaryl/α,β-unsaturated/α-hetero) is 1. The largest absolute Gasteiger partial charge is 0.307 e. The highest BCUT2D eigenvalue weighted by atomic mass is 16.1. The molecule has 0 amide bonds. The molecule has 1 fully saturated rings. The fraction of sp³-hybridized carbons (Fsp3) is 0.625. The molecule has 0 aromatic heterocycles. The molecule has 1 heterocycles. The molecule has 0 saturated carbocycles. The highest BCUT2D eigenvalue weighted by Crippen LogP contribution is 2.06. The molecule has 2 nitrogen and oxygen atoms in total. The molecule has 1 N–H and O–H groups in total. The van der Waals surface area contributed by atoms with Crippen LogP contribution in [0.15, 0.2) is 0 Å². The van der Waals surface area contributed by atoms with Gasteiger partial charge >= 0.3 is 0 Å². The van der Waals surface area contributed by atoms with E-state index in [1.54, 1.807) is 0 Å². The van der Waals surface area contributed by atoms with Crippen LogP contribution in [0.1, 0.15) is 19.3 Å². The number of nitrogens with one attached hydrogen (secondary N) is 1. The Bertz CT molecular complexity index is 163. The van der Waals surface area contributed by atoms with Crippen LogP contribution in [0, 0.1) is 12.3 Å². The second-order valence-corrected chi connectivity index (χ2v) is 2.50. The smallest absolute Gasteiger partial charge is 0.161 e. The summed E-state index contributed by atoms with van der Waals surface area (Å²) >= 11 is 0. The molecule has 54 valence electrons. The standard InChI is InChI=1S/C8H11NO/c1-2-4-8(10)7-5-3-6-9-7/h1,7,9H,3-6H2. The van der Waals surface area contributed by atoms with Crippen molar-refractivity contribution in [2.45, 2.75) is 25.3 Å². The minimum Gasteiger partial charge on any atom is -0.307 e. The summed E-state index contributed by atoms with van der Waals surface area (Å²) in [5, 5.41) is 3.10. The van der Waals surface area contributed by atoms with E-state index < -0.39 is 0 Å². The quantitative estimate of drug-likeness (QED) is 0.556. The van der Waals surface area contributed by atoms with E-state index in [1.807, 2.05) is 0 Å². The second kappa shape index (κ2) is 3.38. The van der Waals surface area contributed by atoms with Gasteiger partial charge in [-0.15, -0.1) is 6.42 Å². The molecule has 0 aromatic rings. The van der Waals surface area contributed by atoms with Crippen molar-refractivity contribution >= 4 is 5.78 Å². The zero-order valence-electron chi connectivity index (χ0n) is 5.89. The summed E-state index contributed by atoms with van der Waals surface area (Å²) in [4.78, 5) is 11.0. The Morgan fingerprint density at radius 1 is 1.80 bits per heavy atom. The van der Waals surface area contributed by atoms with Gasteiger partial charge in [0.05, 0.1) is 12.5 Å². The van der Waals surface area contributed by atoms with Gasteiger partial charge in [-0.1, -0.05) is 5.92 Å². The first kappa shape index (κ1) is 7.30. The van der Waals surface area contributed by atoms with Gasteiger partial charge in [-0.3, -0.25) is 4.79 Å². The molecule has 0 aromatic carbocycles. The number of hydrogen-bond donors (Lipinski definition) is 1. The van der Waals surface area contributed by atoms with Crippen molar-refractivity contribution < 1.29 is 4.79 Å².